The summed E-state index contributed by atoms with van der Waals surface area (Å²) in [4.78, 5) is 22.2. The number of aryl methyl sites for hydroxylation is 2. The van der Waals surface area contributed by atoms with Crippen molar-refractivity contribution in [1.29, 1.82) is 0 Å². The molecule has 2 aromatic rings. The first-order valence-corrected chi connectivity index (χ1v) is 8.70. The van der Waals surface area contributed by atoms with Crippen LogP contribution in [0.5, 0.6) is 5.88 Å². The molecule has 1 aliphatic rings. The molecule has 0 atom stereocenters. The lowest BCUT2D eigenvalue weighted by molar-refractivity contribution is 0.386. The van der Waals surface area contributed by atoms with Crippen LogP contribution in [0.15, 0.2) is 18.5 Å². The Bertz CT molecular complexity index is 694. The third-order valence-electron chi connectivity index (χ3n) is 4.60. The van der Waals surface area contributed by atoms with Crippen LogP contribution in [0.2, 0.25) is 0 Å². The minimum atomic E-state index is 0.575. The summed E-state index contributed by atoms with van der Waals surface area (Å²) in [5, 5.41) is 0. The summed E-state index contributed by atoms with van der Waals surface area (Å²) in [6, 6.07) is 2.01. The van der Waals surface area contributed by atoms with Crippen LogP contribution in [0, 0.1) is 19.8 Å². The summed E-state index contributed by atoms with van der Waals surface area (Å²) < 4.78 is 5.31. The van der Waals surface area contributed by atoms with E-state index in [0.29, 0.717) is 11.8 Å². The van der Waals surface area contributed by atoms with Crippen molar-refractivity contribution in [1.82, 2.24) is 19.9 Å². The van der Waals surface area contributed by atoms with Crippen molar-refractivity contribution in [2.75, 3.05) is 43.6 Å². The van der Waals surface area contributed by atoms with Gasteiger partial charge in [-0.2, -0.15) is 0 Å². The number of nitrogens with zero attached hydrogens (tertiary/aromatic N) is 6. The number of hydrogen-bond acceptors (Lipinski definition) is 7. The number of anilines is 2. The van der Waals surface area contributed by atoms with Gasteiger partial charge < -0.3 is 14.5 Å². The van der Waals surface area contributed by atoms with Crippen LogP contribution in [0.4, 0.5) is 11.8 Å². The predicted molar refractivity (Wildman–Crippen MR) is 98.3 cm³/mol. The van der Waals surface area contributed by atoms with E-state index in [-0.39, 0.29) is 0 Å². The van der Waals surface area contributed by atoms with Gasteiger partial charge in [0.2, 0.25) is 5.95 Å². The van der Waals surface area contributed by atoms with Crippen molar-refractivity contribution in [3.05, 3.63) is 29.8 Å². The number of rotatable bonds is 5. The van der Waals surface area contributed by atoms with Crippen LogP contribution in [-0.4, -0.2) is 53.7 Å². The molecule has 0 spiro atoms. The molecule has 0 N–H and O–H groups in total. The maximum absolute atomic E-state index is 5.31. The molecule has 7 heteroatoms. The van der Waals surface area contributed by atoms with Crippen LogP contribution in [0.3, 0.4) is 0 Å². The third-order valence-corrected chi connectivity index (χ3v) is 4.60. The zero-order valence-corrected chi connectivity index (χ0v) is 15.4. The first-order chi connectivity index (χ1) is 12.1. The summed E-state index contributed by atoms with van der Waals surface area (Å²) in [6.45, 7) is 6.96. The molecule has 0 aromatic carbocycles. The molecule has 25 heavy (non-hydrogen) atoms. The fourth-order valence-corrected chi connectivity index (χ4v) is 3.36. The normalized spacial score (nSPS) is 15.3. The van der Waals surface area contributed by atoms with Gasteiger partial charge in [-0.15, -0.1) is 0 Å². The molecule has 3 rings (SSSR count). The van der Waals surface area contributed by atoms with Gasteiger partial charge in [-0.1, -0.05) is 0 Å². The molecule has 0 unspecified atom stereocenters. The highest BCUT2D eigenvalue weighted by Gasteiger charge is 2.23. The van der Waals surface area contributed by atoms with Crippen LogP contribution in [-0.2, 0) is 0 Å². The van der Waals surface area contributed by atoms with E-state index in [1.54, 1.807) is 19.5 Å². The average Bonchev–Trinajstić information content (AvgIpc) is 2.61. The fourth-order valence-electron chi connectivity index (χ4n) is 3.36. The Morgan fingerprint density at radius 2 is 1.76 bits per heavy atom. The van der Waals surface area contributed by atoms with Gasteiger partial charge in [-0.25, -0.2) is 19.9 Å². The van der Waals surface area contributed by atoms with E-state index in [4.69, 9.17) is 4.74 Å². The first kappa shape index (κ1) is 17.4. The Morgan fingerprint density at radius 3 is 2.40 bits per heavy atom. The van der Waals surface area contributed by atoms with Crippen molar-refractivity contribution in [2.45, 2.75) is 26.7 Å². The Kier molecular flexibility index (Phi) is 5.31. The Labute approximate surface area is 149 Å². The molecule has 1 fully saturated rings. The predicted octanol–water partition coefficient (Wildman–Crippen LogP) is 2.24. The standard InChI is InChI=1S/C18H26N6O/c1-13-11-14(2)22-18(21-13)24-9-5-15(6-10-24)12-23(3)16-17(25-4)20-8-7-19-16/h7-8,11,15H,5-6,9-10,12H2,1-4H3. The topological polar surface area (TPSA) is 67.3 Å². The second kappa shape index (κ2) is 7.63. The van der Waals surface area contributed by atoms with E-state index >= 15 is 0 Å². The van der Waals surface area contributed by atoms with Gasteiger partial charge in [-0.05, 0) is 38.7 Å². The van der Waals surface area contributed by atoms with Gasteiger partial charge >= 0.3 is 0 Å². The van der Waals surface area contributed by atoms with Crippen LogP contribution in [0.1, 0.15) is 24.2 Å². The number of methoxy groups -OCH3 is 1. The smallest absolute Gasteiger partial charge is 0.257 e. The van der Waals surface area contributed by atoms with Crippen molar-refractivity contribution < 1.29 is 4.74 Å². The number of aromatic nitrogens is 4. The van der Waals surface area contributed by atoms with E-state index < -0.39 is 0 Å². The Morgan fingerprint density at radius 1 is 1.12 bits per heavy atom. The highest BCUT2D eigenvalue weighted by atomic mass is 16.5. The van der Waals surface area contributed by atoms with Gasteiger partial charge in [-0.3, -0.25) is 0 Å². The van der Waals surface area contributed by atoms with Gasteiger partial charge in [0.15, 0.2) is 5.82 Å². The molecular formula is C18H26N6O. The minimum Gasteiger partial charge on any atom is -0.478 e. The van der Waals surface area contributed by atoms with E-state index in [1.807, 2.05) is 27.0 Å². The summed E-state index contributed by atoms with van der Waals surface area (Å²) in [5.74, 6) is 2.84. The lowest BCUT2D eigenvalue weighted by Crippen LogP contribution is -2.39. The molecule has 2 aromatic heterocycles. The van der Waals surface area contributed by atoms with E-state index in [2.05, 4.69) is 29.7 Å². The van der Waals surface area contributed by atoms with Crippen molar-refractivity contribution in [2.24, 2.45) is 5.92 Å². The zero-order valence-electron chi connectivity index (χ0n) is 15.4. The first-order valence-electron chi connectivity index (χ1n) is 8.70. The summed E-state index contributed by atoms with van der Waals surface area (Å²) in [6.07, 6.45) is 5.58. The van der Waals surface area contributed by atoms with Gasteiger partial charge in [0, 0.05) is 50.5 Å². The molecule has 0 radical (unpaired) electrons. The minimum absolute atomic E-state index is 0.575. The molecule has 0 amide bonds. The third kappa shape index (κ3) is 4.15. The highest BCUT2D eigenvalue weighted by Crippen LogP contribution is 2.26. The van der Waals surface area contributed by atoms with Crippen molar-refractivity contribution >= 4 is 11.8 Å². The molecule has 0 aliphatic carbocycles. The lowest BCUT2D eigenvalue weighted by atomic mass is 9.96. The quantitative estimate of drug-likeness (QED) is 0.825. The van der Waals surface area contributed by atoms with Gasteiger partial charge in [0.05, 0.1) is 7.11 Å². The lowest BCUT2D eigenvalue weighted by Gasteiger charge is -2.34. The summed E-state index contributed by atoms with van der Waals surface area (Å²) in [5.41, 5.74) is 2.05. The van der Waals surface area contributed by atoms with Crippen LogP contribution >= 0.6 is 0 Å². The molecule has 7 nitrogen and oxygen atoms in total. The van der Waals surface area contributed by atoms with E-state index in [1.165, 1.54) is 0 Å². The van der Waals surface area contributed by atoms with E-state index in [9.17, 15) is 0 Å². The molecule has 134 valence electrons. The maximum atomic E-state index is 5.31. The molecule has 0 bridgehead atoms. The van der Waals surface area contributed by atoms with Crippen LogP contribution in [0.25, 0.3) is 0 Å². The van der Waals surface area contributed by atoms with Gasteiger partial charge in [0.1, 0.15) is 0 Å². The monoisotopic (exact) mass is 342 g/mol. The molecule has 1 saturated heterocycles. The van der Waals surface area contributed by atoms with Crippen LogP contribution < -0.4 is 14.5 Å². The highest BCUT2D eigenvalue weighted by molar-refractivity contribution is 5.47. The van der Waals surface area contributed by atoms with Crippen molar-refractivity contribution in [3.8, 4) is 5.88 Å². The average molecular weight is 342 g/mol. The second-order valence-corrected chi connectivity index (χ2v) is 6.65. The Balaban J connectivity index is 1.59. The summed E-state index contributed by atoms with van der Waals surface area (Å²) >= 11 is 0. The number of piperidine rings is 1. The SMILES string of the molecule is COc1nccnc1N(C)CC1CCN(c2nc(C)cc(C)n2)CC1. The molecular weight excluding hydrogens is 316 g/mol. The van der Waals surface area contributed by atoms with Crippen molar-refractivity contribution in [3.63, 3.8) is 0 Å². The molecule has 3 heterocycles. The number of hydrogen-bond donors (Lipinski definition) is 0. The maximum Gasteiger partial charge on any atom is 0.257 e. The van der Waals surface area contributed by atoms with E-state index in [0.717, 1.165) is 55.6 Å². The zero-order chi connectivity index (χ0) is 17.8. The molecule has 1 aliphatic heterocycles. The molecule has 0 saturated carbocycles. The largest absolute Gasteiger partial charge is 0.478 e. The fraction of sp³-hybridized carbons (Fsp3) is 0.556. The summed E-state index contributed by atoms with van der Waals surface area (Å²) in [7, 11) is 3.68. The van der Waals surface area contributed by atoms with Gasteiger partial charge in [0.25, 0.3) is 5.88 Å². The number of ether oxygens (including phenoxy) is 1. The Hall–Kier alpha value is -2.44. The second-order valence-electron chi connectivity index (χ2n) is 6.65.